The van der Waals surface area contributed by atoms with Gasteiger partial charge in [0.2, 0.25) is 11.8 Å². The van der Waals surface area contributed by atoms with Crippen LogP contribution < -0.4 is 5.32 Å². The zero-order chi connectivity index (χ0) is 14.9. The molecule has 2 fully saturated rings. The van der Waals surface area contributed by atoms with Gasteiger partial charge in [0.25, 0.3) is 0 Å². The fraction of sp³-hybridized carbons (Fsp3) is 0.867. The van der Waals surface area contributed by atoms with Gasteiger partial charge in [-0.1, -0.05) is 27.2 Å². The van der Waals surface area contributed by atoms with Gasteiger partial charge in [0.15, 0.2) is 0 Å². The summed E-state index contributed by atoms with van der Waals surface area (Å²) in [6.45, 7) is 6.83. The van der Waals surface area contributed by atoms with Crippen molar-refractivity contribution in [2.24, 2.45) is 5.41 Å². The molecule has 2 aliphatic rings. The molecule has 1 aliphatic heterocycles. The first kappa shape index (κ1) is 15.3. The van der Waals surface area contributed by atoms with E-state index in [4.69, 9.17) is 4.74 Å². The van der Waals surface area contributed by atoms with Crippen LogP contribution in [-0.4, -0.2) is 48.6 Å². The fourth-order valence-electron chi connectivity index (χ4n) is 3.45. The van der Waals surface area contributed by atoms with Crippen LogP contribution in [0.1, 0.15) is 46.5 Å². The van der Waals surface area contributed by atoms with Crippen LogP contribution >= 0.6 is 0 Å². The number of nitrogens with zero attached hydrogens (tertiary/aromatic N) is 1. The van der Waals surface area contributed by atoms with E-state index in [-0.39, 0.29) is 35.4 Å². The first-order valence-electron chi connectivity index (χ1n) is 7.54. The molecule has 0 spiro atoms. The van der Waals surface area contributed by atoms with E-state index in [1.165, 1.54) is 0 Å². The molecule has 0 radical (unpaired) electrons. The Morgan fingerprint density at radius 2 is 2.10 bits per heavy atom. The maximum absolute atomic E-state index is 12.7. The van der Waals surface area contributed by atoms with Crippen molar-refractivity contribution in [2.75, 3.05) is 13.7 Å². The summed E-state index contributed by atoms with van der Waals surface area (Å²) in [7, 11) is 1.72. The average Bonchev–Trinajstić information content (AvgIpc) is 2.52. The van der Waals surface area contributed by atoms with Gasteiger partial charge in [-0.2, -0.15) is 0 Å². The van der Waals surface area contributed by atoms with Gasteiger partial charge < -0.3 is 15.0 Å². The third-order valence-electron chi connectivity index (χ3n) is 4.86. The van der Waals surface area contributed by atoms with Crippen molar-refractivity contribution in [3.05, 3.63) is 0 Å². The average molecular weight is 282 g/mol. The van der Waals surface area contributed by atoms with E-state index in [1.807, 2.05) is 11.8 Å². The monoisotopic (exact) mass is 282 g/mol. The molecule has 20 heavy (non-hydrogen) atoms. The van der Waals surface area contributed by atoms with Gasteiger partial charge in [-0.3, -0.25) is 9.59 Å². The van der Waals surface area contributed by atoms with Crippen LogP contribution in [0.25, 0.3) is 0 Å². The number of rotatable bonds is 4. The van der Waals surface area contributed by atoms with Gasteiger partial charge in [-0.25, -0.2) is 0 Å². The number of methoxy groups -OCH3 is 1. The van der Waals surface area contributed by atoms with Gasteiger partial charge in [-0.05, 0) is 12.8 Å². The summed E-state index contributed by atoms with van der Waals surface area (Å²) in [5.41, 5.74) is -0.0471. The maximum atomic E-state index is 12.7. The molecule has 2 rings (SSSR count). The van der Waals surface area contributed by atoms with Gasteiger partial charge in [0, 0.05) is 31.5 Å². The minimum Gasteiger partial charge on any atom is -0.381 e. The van der Waals surface area contributed by atoms with E-state index in [1.54, 1.807) is 7.11 Å². The topological polar surface area (TPSA) is 58.6 Å². The number of ether oxygens (including phenoxy) is 1. The molecule has 2 amide bonds. The second kappa shape index (κ2) is 5.72. The molecule has 3 atom stereocenters. The first-order valence-corrected chi connectivity index (χ1v) is 7.54. The SMILES string of the molecule is CCCC1NC(=O)CCN(C2CC(OC)C2(C)C)C1=O. The number of hydrogen-bond donors (Lipinski definition) is 1. The van der Waals surface area contributed by atoms with E-state index >= 15 is 0 Å². The maximum Gasteiger partial charge on any atom is 0.245 e. The summed E-state index contributed by atoms with van der Waals surface area (Å²) in [4.78, 5) is 26.3. The van der Waals surface area contributed by atoms with Crippen LogP contribution in [-0.2, 0) is 14.3 Å². The molecule has 1 aliphatic carbocycles. The van der Waals surface area contributed by atoms with Gasteiger partial charge in [-0.15, -0.1) is 0 Å². The van der Waals surface area contributed by atoms with Crippen LogP contribution in [0, 0.1) is 5.41 Å². The van der Waals surface area contributed by atoms with E-state index in [0.717, 1.165) is 12.8 Å². The van der Waals surface area contributed by atoms with Crippen LogP contribution in [0.15, 0.2) is 0 Å². The molecule has 5 nitrogen and oxygen atoms in total. The lowest BCUT2D eigenvalue weighted by molar-refractivity contribution is -0.162. The molecule has 5 heteroatoms. The Morgan fingerprint density at radius 3 is 2.65 bits per heavy atom. The highest BCUT2D eigenvalue weighted by atomic mass is 16.5. The lowest BCUT2D eigenvalue weighted by atomic mass is 9.63. The highest BCUT2D eigenvalue weighted by Crippen LogP contribution is 2.46. The molecule has 0 aromatic carbocycles. The van der Waals surface area contributed by atoms with Crippen LogP contribution in [0.4, 0.5) is 0 Å². The predicted octanol–water partition coefficient (Wildman–Crippen LogP) is 1.32. The largest absolute Gasteiger partial charge is 0.381 e. The summed E-state index contributed by atoms with van der Waals surface area (Å²) in [5.74, 6) is 0.0602. The van der Waals surface area contributed by atoms with Crippen molar-refractivity contribution in [1.82, 2.24) is 10.2 Å². The van der Waals surface area contributed by atoms with Crippen LogP contribution in [0.3, 0.4) is 0 Å². The van der Waals surface area contributed by atoms with Crippen molar-refractivity contribution in [3.63, 3.8) is 0 Å². The van der Waals surface area contributed by atoms with E-state index < -0.39 is 0 Å². The molecule has 0 aromatic rings. The van der Waals surface area contributed by atoms with Crippen molar-refractivity contribution >= 4 is 11.8 Å². The third-order valence-corrected chi connectivity index (χ3v) is 4.86. The van der Waals surface area contributed by atoms with Crippen LogP contribution in [0.5, 0.6) is 0 Å². The number of carbonyl (C=O) groups excluding carboxylic acids is 2. The highest BCUT2D eigenvalue weighted by Gasteiger charge is 2.53. The summed E-state index contributed by atoms with van der Waals surface area (Å²) in [5, 5.41) is 2.85. The number of nitrogens with one attached hydrogen (secondary N) is 1. The van der Waals surface area contributed by atoms with Gasteiger partial charge in [0.1, 0.15) is 6.04 Å². The quantitative estimate of drug-likeness (QED) is 0.846. The highest BCUT2D eigenvalue weighted by molar-refractivity contribution is 5.90. The van der Waals surface area contributed by atoms with Crippen molar-refractivity contribution in [2.45, 2.75) is 64.6 Å². The molecular weight excluding hydrogens is 256 g/mol. The molecular formula is C15H26N2O3. The molecule has 3 unspecified atom stereocenters. The Hall–Kier alpha value is -1.10. The minimum absolute atomic E-state index is 0.0141. The molecule has 1 saturated heterocycles. The molecule has 114 valence electrons. The van der Waals surface area contributed by atoms with Crippen LogP contribution in [0.2, 0.25) is 0 Å². The zero-order valence-electron chi connectivity index (χ0n) is 12.9. The molecule has 0 aromatic heterocycles. The Morgan fingerprint density at radius 1 is 1.40 bits per heavy atom. The van der Waals surface area contributed by atoms with Gasteiger partial charge >= 0.3 is 0 Å². The number of amides is 2. The Labute approximate surface area is 121 Å². The Kier molecular flexibility index (Phi) is 4.37. The van der Waals surface area contributed by atoms with E-state index in [9.17, 15) is 9.59 Å². The second-order valence-corrected chi connectivity index (χ2v) is 6.49. The number of hydrogen-bond acceptors (Lipinski definition) is 3. The summed E-state index contributed by atoms with van der Waals surface area (Å²) in [6.07, 6.45) is 3.05. The molecule has 1 heterocycles. The minimum atomic E-state index is -0.354. The summed E-state index contributed by atoms with van der Waals surface area (Å²) < 4.78 is 5.46. The second-order valence-electron chi connectivity index (χ2n) is 6.49. The zero-order valence-corrected chi connectivity index (χ0v) is 12.9. The van der Waals surface area contributed by atoms with Crippen molar-refractivity contribution in [3.8, 4) is 0 Å². The third kappa shape index (κ3) is 2.55. The van der Waals surface area contributed by atoms with Crippen molar-refractivity contribution < 1.29 is 14.3 Å². The van der Waals surface area contributed by atoms with Gasteiger partial charge in [0.05, 0.1) is 6.10 Å². The van der Waals surface area contributed by atoms with E-state index in [0.29, 0.717) is 19.4 Å². The lowest BCUT2D eigenvalue weighted by Crippen LogP contribution is -2.64. The Balaban J connectivity index is 2.14. The first-order chi connectivity index (χ1) is 9.41. The normalized spacial score (nSPS) is 33.4. The smallest absolute Gasteiger partial charge is 0.245 e. The summed E-state index contributed by atoms with van der Waals surface area (Å²) >= 11 is 0. The number of carbonyl (C=O) groups is 2. The van der Waals surface area contributed by atoms with E-state index in [2.05, 4.69) is 19.2 Å². The predicted molar refractivity (Wildman–Crippen MR) is 76.2 cm³/mol. The lowest BCUT2D eigenvalue weighted by Gasteiger charge is -2.55. The summed E-state index contributed by atoms with van der Waals surface area (Å²) in [6, 6.07) is -0.181. The molecule has 0 bridgehead atoms. The Bertz CT molecular complexity index is 395. The standard InChI is InChI=1S/C15H26N2O3/c1-5-6-10-14(19)17(8-7-13(18)16-10)11-9-12(20-4)15(11,2)3/h10-12H,5-9H2,1-4H3,(H,16,18). The molecule has 1 saturated carbocycles. The van der Waals surface area contributed by atoms with Crippen molar-refractivity contribution in [1.29, 1.82) is 0 Å². The fourth-order valence-corrected chi connectivity index (χ4v) is 3.45. The molecule has 1 N–H and O–H groups in total.